The molecule has 0 fully saturated rings. The second kappa shape index (κ2) is 6.31. The van der Waals surface area contributed by atoms with Crippen LogP contribution in [0.3, 0.4) is 0 Å². The van der Waals surface area contributed by atoms with Crippen molar-refractivity contribution in [2.75, 3.05) is 7.05 Å². The van der Waals surface area contributed by atoms with Gasteiger partial charge in [0, 0.05) is 6.04 Å². The second-order valence-corrected chi connectivity index (χ2v) is 5.87. The van der Waals surface area contributed by atoms with E-state index >= 15 is 0 Å². The third-order valence-corrected chi connectivity index (χ3v) is 4.31. The molecule has 1 aliphatic carbocycles. The van der Waals surface area contributed by atoms with Crippen molar-refractivity contribution in [1.29, 1.82) is 0 Å². The van der Waals surface area contributed by atoms with E-state index < -0.39 is 0 Å². The maximum Gasteiger partial charge on any atom is 0.120 e. The Bertz CT molecular complexity index is 603. The predicted octanol–water partition coefficient (Wildman–Crippen LogP) is 4.17. The van der Waals surface area contributed by atoms with E-state index in [4.69, 9.17) is 4.74 Å². The van der Waals surface area contributed by atoms with Gasteiger partial charge < -0.3 is 10.1 Å². The lowest BCUT2D eigenvalue weighted by Gasteiger charge is -2.25. The summed E-state index contributed by atoms with van der Waals surface area (Å²) in [6.07, 6.45) is 3.67. The van der Waals surface area contributed by atoms with Gasteiger partial charge in [-0.1, -0.05) is 35.9 Å². The minimum atomic E-state index is 0.469. The topological polar surface area (TPSA) is 21.3 Å². The zero-order chi connectivity index (χ0) is 14.7. The number of aryl methyl sites for hydroxylation is 2. The third kappa shape index (κ3) is 3.27. The van der Waals surface area contributed by atoms with Crippen LogP contribution in [0.2, 0.25) is 0 Å². The lowest BCUT2D eigenvalue weighted by molar-refractivity contribution is 0.305. The van der Waals surface area contributed by atoms with Crippen molar-refractivity contribution in [2.24, 2.45) is 0 Å². The molecule has 0 amide bonds. The van der Waals surface area contributed by atoms with E-state index in [1.807, 2.05) is 7.05 Å². The van der Waals surface area contributed by atoms with Gasteiger partial charge in [-0.3, -0.25) is 0 Å². The number of fused-ring (bicyclic) bond motifs is 1. The predicted molar refractivity (Wildman–Crippen MR) is 86.7 cm³/mol. The van der Waals surface area contributed by atoms with Gasteiger partial charge >= 0.3 is 0 Å². The lowest BCUT2D eigenvalue weighted by atomic mass is 9.87. The largest absolute Gasteiger partial charge is 0.489 e. The number of nitrogens with one attached hydrogen (secondary N) is 1. The van der Waals surface area contributed by atoms with E-state index in [1.54, 1.807) is 0 Å². The van der Waals surface area contributed by atoms with Gasteiger partial charge in [-0.05, 0) is 62.1 Å². The molecule has 1 aliphatic rings. The van der Waals surface area contributed by atoms with Gasteiger partial charge in [0.25, 0.3) is 0 Å². The van der Waals surface area contributed by atoms with Crippen molar-refractivity contribution in [2.45, 2.75) is 38.8 Å². The maximum absolute atomic E-state index is 5.96. The quantitative estimate of drug-likeness (QED) is 0.908. The summed E-state index contributed by atoms with van der Waals surface area (Å²) in [4.78, 5) is 0. The molecular weight excluding hydrogens is 258 g/mol. The summed E-state index contributed by atoms with van der Waals surface area (Å²) in [5.74, 6) is 0.969. The highest BCUT2D eigenvalue weighted by atomic mass is 16.5. The van der Waals surface area contributed by atoms with Crippen molar-refractivity contribution >= 4 is 0 Å². The van der Waals surface area contributed by atoms with Gasteiger partial charge in [-0.25, -0.2) is 0 Å². The molecule has 0 bridgehead atoms. The first-order valence-corrected chi connectivity index (χ1v) is 7.74. The molecule has 1 N–H and O–H groups in total. The van der Waals surface area contributed by atoms with E-state index in [1.165, 1.54) is 41.5 Å². The minimum Gasteiger partial charge on any atom is -0.489 e. The fourth-order valence-corrected chi connectivity index (χ4v) is 3.02. The van der Waals surface area contributed by atoms with E-state index in [0.29, 0.717) is 12.6 Å². The van der Waals surface area contributed by atoms with Crippen LogP contribution in [0.15, 0.2) is 42.5 Å². The molecule has 0 radical (unpaired) electrons. The average Bonchev–Trinajstić information content (AvgIpc) is 2.53. The third-order valence-electron chi connectivity index (χ3n) is 4.31. The Balaban J connectivity index is 1.73. The first kappa shape index (κ1) is 14.2. The Morgan fingerprint density at radius 3 is 2.71 bits per heavy atom. The van der Waals surface area contributed by atoms with E-state index in [0.717, 1.165) is 5.75 Å². The molecule has 3 rings (SSSR count). The molecule has 0 spiro atoms. The molecular formula is C19H23NO. The number of rotatable bonds is 4. The van der Waals surface area contributed by atoms with Gasteiger partial charge in [-0.15, -0.1) is 0 Å². The van der Waals surface area contributed by atoms with Crippen LogP contribution in [0.25, 0.3) is 0 Å². The van der Waals surface area contributed by atoms with Crippen molar-refractivity contribution in [3.8, 4) is 5.75 Å². The highest BCUT2D eigenvalue weighted by Crippen LogP contribution is 2.32. The summed E-state index contributed by atoms with van der Waals surface area (Å²) in [6.45, 7) is 2.73. The molecule has 1 unspecified atom stereocenters. The summed E-state index contributed by atoms with van der Waals surface area (Å²) >= 11 is 0. The molecule has 0 heterocycles. The van der Waals surface area contributed by atoms with Crippen molar-refractivity contribution < 1.29 is 4.74 Å². The first-order chi connectivity index (χ1) is 10.3. The number of hydrogen-bond acceptors (Lipinski definition) is 2. The summed E-state index contributed by atoms with van der Waals surface area (Å²) in [5.41, 5.74) is 5.36. The SMILES string of the molecule is CNC1CCCc2ccc(OCc3ccc(C)cc3)cc21. The molecule has 110 valence electrons. The average molecular weight is 281 g/mol. The molecule has 2 heteroatoms. The summed E-state index contributed by atoms with van der Waals surface area (Å²) in [6, 6.07) is 15.5. The van der Waals surface area contributed by atoms with Gasteiger partial charge in [0.15, 0.2) is 0 Å². The van der Waals surface area contributed by atoms with Crippen LogP contribution in [0.5, 0.6) is 5.75 Å². The summed E-state index contributed by atoms with van der Waals surface area (Å²) in [5, 5.41) is 3.41. The van der Waals surface area contributed by atoms with Gasteiger partial charge in [-0.2, -0.15) is 0 Å². The second-order valence-electron chi connectivity index (χ2n) is 5.87. The standard InChI is InChI=1S/C19H23NO/c1-14-6-8-15(9-7-14)13-21-17-11-10-16-4-3-5-19(20-2)18(16)12-17/h6-12,19-20H,3-5,13H2,1-2H3. The van der Waals surface area contributed by atoms with Crippen molar-refractivity contribution in [3.05, 3.63) is 64.7 Å². The molecule has 2 aromatic carbocycles. The number of hydrogen-bond donors (Lipinski definition) is 1. The van der Waals surface area contributed by atoms with E-state index in [2.05, 4.69) is 54.7 Å². The van der Waals surface area contributed by atoms with Crippen LogP contribution in [0, 0.1) is 6.92 Å². The van der Waals surface area contributed by atoms with Crippen molar-refractivity contribution in [3.63, 3.8) is 0 Å². The normalized spacial score (nSPS) is 17.3. The van der Waals surface area contributed by atoms with Crippen LogP contribution in [-0.4, -0.2) is 7.05 Å². The maximum atomic E-state index is 5.96. The van der Waals surface area contributed by atoms with Crippen molar-refractivity contribution in [1.82, 2.24) is 5.32 Å². The minimum absolute atomic E-state index is 0.469. The molecule has 2 aromatic rings. The molecule has 0 aliphatic heterocycles. The molecule has 0 saturated carbocycles. The van der Waals surface area contributed by atoms with Crippen LogP contribution < -0.4 is 10.1 Å². The fraction of sp³-hybridized carbons (Fsp3) is 0.368. The molecule has 0 saturated heterocycles. The van der Waals surface area contributed by atoms with Crippen LogP contribution in [-0.2, 0) is 13.0 Å². The van der Waals surface area contributed by atoms with Crippen LogP contribution >= 0.6 is 0 Å². The summed E-state index contributed by atoms with van der Waals surface area (Å²) in [7, 11) is 2.04. The van der Waals surface area contributed by atoms with Crippen LogP contribution in [0.4, 0.5) is 0 Å². The highest BCUT2D eigenvalue weighted by molar-refractivity contribution is 5.39. The van der Waals surface area contributed by atoms with Gasteiger partial charge in [0.2, 0.25) is 0 Å². The van der Waals surface area contributed by atoms with E-state index in [-0.39, 0.29) is 0 Å². The molecule has 2 nitrogen and oxygen atoms in total. The molecule has 0 aromatic heterocycles. The Hall–Kier alpha value is -1.80. The lowest BCUT2D eigenvalue weighted by Crippen LogP contribution is -2.21. The molecule has 21 heavy (non-hydrogen) atoms. The first-order valence-electron chi connectivity index (χ1n) is 7.74. The fourth-order valence-electron chi connectivity index (χ4n) is 3.02. The highest BCUT2D eigenvalue weighted by Gasteiger charge is 2.19. The van der Waals surface area contributed by atoms with E-state index in [9.17, 15) is 0 Å². The van der Waals surface area contributed by atoms with Crippen LogP contribution in [0.1, 0.15) is 41.1 Å². The number of ether oxygens (including phenoxy) is 1. The Kier molecular flexibility index (Phi) is 4.26. The Labute approximate surface area is 127 Å². The zero-order valence-corrected chi connectivity index (χ0v) is 12.9. The number of benzene rings is 2. The summed E-state index contributed by atoms with van der Waals surface area (Å²) < 4.78 is 5.96. The smallest absolute Gasteiger partial charge is 0.120 e. The van der Waals surface area contributed by atoms with Gasteiger partial charge in [0.05, 0.1) is 0 Å². The Morgan fingerprint density at radius 1 is 1.14 bits per heavy atom. The van der Waals surface area contributed by atoms with Gasteiger partial charge in [0.1, 0.15) is 12.4 Å². The monoisotopic (exact) mass is 281 g/mol. The molecule has 1 atom stereocenters. The Morgan fingerprint density at radius 2 is 1.95 bits per heavy atom. The zero-order valence-electron chi connectivity index (χ0n) is 12.9.